The summed E-state index contributed by atoms with van der Waals surface area (Å²) in [6, 6.07) is 14.4. The number of thioether (sulfide) groups is 1. The molecule has 4 rings (SSSR count). The lowest BCUT2D eigenvalue weighted by molar-refractivity contribution is -0.384. The maximum Gasteiger partial charge on any atom is 0.352 e. The van der Waals surface area contributed by atoms with E-state index >= 15 is 0 Å². The number of aliphatic carboxylic acids is 1. The molecule has 0 saturated carbocycles. The van der Waals surface area contributed by atoms with E-state index in [0.717, 1.165) is 11.1 Å². The summed E-state index contributed by atoms with van der Waals surface area (Å²) in [5.41, 5.74) is 2.08. The molecule has 0 bridgehead atoms. The molecule has 2 N–H and O–H groups in total. The molecule has 2 aliphatic rings. The molecule has 2 aromatic rings. The van der Waals surface area contributed by atoms with Gasteiger partial charge in [0, 0.05) is 17.4 Å². The summed E-state index contributed by atoms with van der Waals surface area (Å²) >= 11 is 1.41. The van der Waals surface area contributed by atoms with Gasteiger partial charge in [-0.25, -0.2) is 4.79 Å². The third-order valence-electron chi connectivity index (χ3n) is 5.74. The molecule has 2 aliphatic heterocycles. The summed E-state index contributed by atoms with van der Waals surface area (Å²) < 4.78 is 0. The quantitative estimate of drug-likeness (QED) is 0.363. The van der Waals surface area contributed by atoms with E-state index in [-0.39, 0.29) is 29.0 Å². The molecule has 0 spiro atoms. The minimum absolute atomic E-state index is 0.0227. The molecule has 33 heavy (non-hydrogen) atoms. The second-order valence-electron chi connectivity index (χ2n) is 7.90. The lowest BCUT2D eigenvalue weighted by atomic mass is 9.98. The number of nitrogens with one attached hydrogen (secondary N) is 1. The Kier molecular flexibility index (Phi) is 6.19. The fraction of sp³-hybridized carbons (Fsp3) is 0.261. The number of carbonyl (C=O) groups is 3. The number of nitro groups is 1. The van der Waals surface area contributed by atoms with Gasteiger partial charge >= 0.3 is 5.97 Å². The fourth-order valence-corrected chi connectivity index (χ4v) is 5.65. The van der Waals surface area contributed by atoms with E-state index in [1.807, 2.05) is 30.3 Å². The topological polar surface area (TPSA) is 130 Å². The molecule has 10 heteroatoms. The Morgan fingerprint density at radius 2 is 1.79 bits per heavy atom. The number of fused-ring (bicyclic) bond motifs is 1. The van der Waals surface area contributed by atoms with Gasteiger partial charge in [-0.3, -0.25) is 24.6 Å². The van der Waals surface area contributed by atoms with Gasteiger partial charge in [-0.1, -0.05) is 42.5 Å². The highest BCUT2D eigenvalue weighted by Crippen LogP contribution is 2.45. The van der Waals surface area contributed by atoms with Crippen LogP contribution in [0.2, 0.25) is 0 Å². The zero-order chi connectivity index (χ0) is 23.7. The van der Waals surface area contributed by atoms with E-state index < -0.39 is 28.2 Å². The second-order valence-corrected chi connectivity index (χ2v) is 9.22. The summed E-state index contributed by atoms with van der Waals surface area (Å²) in [6.07, 6.45) is 0.559. The van der Waals surface area contributed by atoms with E-state index in [2.05, 4.69) is 5.32 Å². The molecular formula is C23H21N3O6S. The smallest absolute Gasteiger partial charge is 0.352 e. The lowest BCUT2D eigenvalue weighted by Gasteiger charge is -2.51. The number of benzene rings is 2. The maximum absolute atomic E-state index is 12.7. The van der Waals surface area contributed by atoms with E-state index in [4.69, 9.17) is 0 Å². The molecule has 9 nitrogen and oxygen atoms in total. The Labute approximate surface area is 193 Å². The Morgan fingerprint density at radius 1 is 1.12 bits per heavy atom. The molecule has 2 aromatic carbocycles. The fourth-order valence-electron chi connectivity index (χ4n) is 4.03. The first-order valence-corrected chi connectivity index (χ1v) is 11.2. The summed E-state index contributed by atoms with van der Waals surface area (Å²) in [4.78, 5) is 48.9. The molecular weight excluding hydrogens is 446 g/mol. The van der Waals surface area contributed by atoms with E-state index in [1.165, 1.54) is 28.8 Å². The first kappa shape index (κ1) is 22.5. The number of β-lactam (4-membered cyclic amide) rings is 1. The van der Waals surface area contributed by atoms with Crippen LogP contribution < -0.4 is 5.32 Å². The SMILES string of the molecule is CC1=C(C(=O)O)N2C(=O)C(NC(=O)Cc3ccccc3)[C@H]2SC1Cc1ccc([N+](=O)[O-])cc1. The number of carboxylic acids is 1. The van der Waals surface area contributed by atoms with E-state index in [1.54, 1.807) is 19.1 Å². The Bertz CT molecular complexity index is 1150. The third kappa shape index (κ3) is 4.47. The van der Waals surface area contributed by atoms with Crippen LogP contribution in [0.3, 0.4) is 0 Å². The van der Waals surface area contributed by atoms with Crippen molar-refractivity contribution in [3.05, 3.63) is 87.1 Å². The monoisotopic (exact) mass is 467 g/mol. The second kappa shape index (κ2) is 9.07. The van der Waals surface area contributed by atoms with Gasteiger partial charge in [0.15, 0.2) is 0 Å². The predicted octanol–water partition coefficient (Wildman–Crippen LogP) is 2.51. The Balaban J connectivity index is 1.51. The largest absolute Gasteiger partial charge is 0.477 e. The summed E-state index contributed by atoms with van der Waals surface area (Å²) in [5, 5.41) is 22.6. The van der Waals surface area contributed by atoms with Crippen molar-refractivity contribution in [2.75, 3.05) is 0 Å². The molecule has 0 radical (unpaired) electrons. The van der Waals surface area contributed by atoms with Crippen LogP contribution in [0, 0.1) is 10.1 Å². The van der Waals surface area contributed by atoms with Gasteiger partial charge in [-0.2, -0.15) is 0 Å². The van der Waals surface area contributed by atoms with Crippen LogP contribution in [0.4, 0.5) is 5.69 Å². The number of hydrogen-bond donors (Lipinski definition) is 2. The lowest BCUT2D eigenvalue weighted by Crippen LogP contribution is -2.71. The van der Waals surface area contributed by atoms with E-state index in [0.29, 0.717) is 12.0 Å². The Hall–Kier alpha value is -3.66. The normalized spacial score (nSPS) is 21.8. The van der Waals surface area contributed by atoms with Crippen LogP contribution in [0.25, 0.3) is 0 Å². The highest BCUT2D eigenvalue weighted by molar-refractivity contribution is 8.00. The van der Waals surface area contributed by atoms with Crippen LogP contribution in [-0.2, 0) is 27.2 Å². The third-order valence-corrected chi connectivity index (χ3v) is 7.35. The van der Waals surface area contributed by atoms with Crippen molar-refractivity contribution < 1.29 is 24.4 Å². The van der Waals surface area contributed by atoms with Crippen LogP contribution in [0.1, 0.15) is 18.1 Å². The molecule has 1 saturated heterocycles. The molecule has 0 aliphatic carbocycles. The maximum atomic E-state index is 12.7. The molecule has 2 heterocycles. The van der Waals surface area contributed by atoms with Crippen molar-refractivity contribution in [2.45, 2.75) is 36.4 Å². The number of nitrogens with zero attached hydrogens (tertiary/aromatic N) is 2. The standard InChI is InChI=1S/C23H21N3O6S/c1-13-17(11-15-7-9-16(10-8-15)26(31)32)33-22-19(21(28)25(22)20(13)23(29)30)24-18(27)12-14-5-3-2-4-6-14/h2-10,17,19,22H,11-12H2,1H3,(H,24,27)(H,29,30)/t17?,19?,22-/m1/s1. The molecule has 170 valence electrons. The summed E-state index contributed by atoms with van der Waals surface area (Å²) in [6.45, 7) is 1.68. The van der Waals surface area contributed by atoms with Crippen molar-refractivity contribution >= 4 is 35.2 Å². The van der Waals surface area contributed by atoms with Crippen molar-refractivity contribution in [1.29, 1.82) is 0 Å². The van der Waals surface area contributed by atoms with Crippen molar-refractivity contribution in [1.82, 2.24) is 10.2 Å². The van der Waals surface area contributed by atoms with Gasteiger partial charge in [0.2, 0.25) is 5.91 Å². The number of carbonyl (C=O) groups excluding carboxylic acids is 2. The average Bonchev–Trinajstić information content (AvgIpc) is 2.79. The van der Waals surface area contributed by atoms with Crippen LogP contribution in [-0.4, -0.2) is 49.4 Å². The van der Waals surface area contributed by atoms with Crippen molar-refractivity contribution in [3.63, 3.8) is 0 Å². The first-order valence-electron chi connectivity index (χ1n) is 10.3. The van der Waals surface area contributed by atoms with Gasteiger partial charge < -0.3 is 10.4 Å². The van der Waals surface area contributed by atoms with Crippen LogP contribution in [0.5, 0.6) is 0 Å². The molecule has 2 unspecified atom stereocenters. The van der Waals surface area contributed by atoms with Crippen LogP contribution in [0.15, 0.2) is 65.9 Å². The summed E-state index contributed by atoms with van der Waals surface area (Å²) in [5.74, 6) is -1.96. The van der Waals surface area contributed by atoms with Crippen molar-refractivity contribution in [3.8, 4) is 0 Å². The van der Waals surface area contributed by atoms with Gasteiger partial charge in [-0.15, -0.1) is 11.8 Å². The highest BCUT2D eigenvalue weighted by Gasteiger charge is 2.55. The van der Waals surface area contributed by atoms with E-state index in [9.17, 15) is 29.6 Å². The Morgan fingerprint density at radius 3 is 2.39 bits per heavy atom. The molecule has 3 atom stereocenters. The molecule has 1 fully saturated rings. The first-order chi connectivity index (χ1) is 15.8. The van der Waals surface area contributed by atoms with Gasteiger partial charge in [0.25, 0.3) is 11.6 Å². The van der Waals surface area contributed by atoms with Crippen molar-refractivity contribution in [2.24, 2.45) is 0 Å². The molecule has 0 aromatic heterocycles. The number of carboxylic acid groups (broad SMARTS) is 1. The number of non-ortho nitro benzene ring substituents is 1. The molecule has 2 amide bonds. The number of hydrogen-bond acceptors (Lipinski definition) is 6. The zero-order valence-corrected chi connectivity index (χ0v) is 18.5. The highest BCUT2D eigenvalue weighted by atomic mass is 32.2. The summed E-state index contributed by atoms with van der Waals surface area (Å²) in [7, 11) is 0. The van der Waals surface area contributed by atoms with Gasteiger partial charge in [0.1, 0.15) is 17.1 Å². The minimum atomic E-state index is -1.20. The predicted molar refractivity (Wildman–Crippen MR) is 121 cm³/mol. The van der Waals surface area contributed by atoms with Gasteiger partial charge in [0.05, 0.1) is 11.3 Å². The number of amides is 2. The van der Waals surface area contributed by atoms with Gasteiger partial charge in [-0.05, 0) is 30.0 Å². The average molecular weight is 468 g/mol. The number of rotatable bonds is 7. The zero-order valence-electron chi connectivity index (χ0n) is 17.6. The minimum Gasteiger partial charge on any atom is -0.477 e. The van der Waals surface area contributed by atoms with Crippen LogP contribution >= 0.6 is 11.8 Å². The number of nitro benzene ring substituents is 1.